The first-order chi connectivity index (χ1) is 14.3. The van der Waals surface area contributed by atoms with Gasteiger partial charge in [0.05, 0.1) is 24.6 Å². The molecular weight excluding hydrogens is 436 g/mol. The van der Waals surface area contributed by atoms with E-state index >= 15 is 0 Å². The normalized spacial score (nSPS) is 18.9. The van der Waals surface area contributed by atoms with Crippen LogP contribution in [0.3, 0.4) is 0 Å². The third kappa shape index (κ3) is 5.88. The van der Waals surface area contributed by atoms with Crippen LogP contribution in [0.4, 0.5) is 9.59 Å². The molecule has 0 aromatic heterocycles. The maximum Gasteiger partial charge on any atom is 0.288 e. The maximum absolute atomic E-state index is 11.5. The number of amides is 4. The number of aliphatic hydroxyl groups is 2. The van der Waals surface area contributed by atoms with Crippen molar-refractivity contribution in [1.82, 2.24) is 9.80 Å². The molecule has 2 atom stereocenters. The Morgan fingerprint density at radius 2 is 1.13 bits per heavy atom. The number of hydrogen-bond donors (Lipinski definition) is 2. The summed E-state index contributed by atoms with van der Waals surface area (Å²) < 4.78 is 10.9. The molecule has 2 unspecified atom stereocenters. The van der Waals surface area contributed by atoms with Crippen molar-refractivity contribution in [3.63, 3.8) is 0 Å². The van der Waals surface area contributed by atoms with E-state index in [0.29, 0.717) is 11.5 Å². The molecule has 162 valence electrons. The van der Waals surface area contributed by atoms with Gasteiger partial charge in [-0.3, -0.25) is 29.0 Å². The summed E-state index contributed by atoms with van der Waals surface area (Å²) in [6.07, 6.45) is -2.03. The van der Waals surface area contributed by atoms with Crippen LogP contribution < -0.4 is 9.47 Å². The van der Waals surface area contributed by atoms with Gasteiger partial charge < -0.3 is 19.7 Å². The molecule has 12 heteroatoms. The molecule has 2 fully saturated rings. The smallest absolute Gasteiger partial charge is 0.288 e. The molecule has 0 aliphatic carbocycles. The summed E-state index contributed by atoms with van der Waals surface area (Å²) in [7, 11) is 0. The Hall–Kier alpha value is -2.28. The highest BCUT2D eigenvalue weighted by Crippen LogP contribution is 2.21. The van der Waals surface area contributed by atoms with Gasteiger partial charge in [-0.2, -0.15) is 0 Å². The molecule has 2 N–H and O–H groups in total. The van der Waals surface area contributed by atoms with Crippen molar-refractivity contribution >= 4 is 45.8 Å². The average molecular weight is 456 g/mol. The zero-order valence-corrected chi connectivity index (χ0v) is 17.4. The average Bonchev–Trinajstić information content (AvgIpc) is 3.21. The third-order valence-corrected chi connectivity index (χ3v) is 5.89. The molecule has 1 aromatic carbocycles. The summed E-state index contributed by atoms with van der Waals surface area (Å²) in [5, 5.41) is 19.2. The summed E-state index contributed by atoms with van der Waals surface area (Å²) in [5.74, 6) is 0.412. The topological polar surface area (TPSA) is 134 Å². The zero-order valence-electron chi connectivity index (χ0n) is 15.8. The second-order valence-electron chi connectivity index (χ2n) is 6.52. The number of thioether (sulfide) groups is 2. The van der Waals surface area contributed by atoms with E-state index in [4.69, 9.17) is 9.47 Å². The molecule has 2 saturated heterocycles. The van der Waals surface area contributed by atoms with Gasteiger partial charge >= 0.3 is 0 Å². The highest BCUT2D eigenvalue weighted by atomic mass is 32.2. The van der Waals surface area contributed by atoms with E-state index in [0.717, 1.165) is 33.3 Å². The Labute approximate surface area is 180 Å². The van der Waals surface area contributed by atoms with Gasteiger partial charge in [-0.05, 0) is 24.3 Å². The molecule has 2 heterocycles. The van der Waals surface area contributed by atoms with Crippen LogP contribution in [-0.2, 0) is 9.59 Å². The summed E-state index contributed by atoms with van der Waals surface area (Å²) in [4.78, 5) is 48.1. The lowest BCUT2D eigenvalue weighted by molar-refractivity contribution is -0.126. The first-order valence-electron chi connectivity index (χ1n) is 8.99. The first-order valence-corrected chi connectivity index (χ1v) is 11.0. The van der Waals surface area contributed by atoms with Crippen LogP contribution in [0.25, 0.3) is 0 Å². The Bertz CT molecular complexity index is 720. The Morgan fingerprint density at radius 1 is 0.767 bits per heavy atom. The van der Waals surface area contributed by atoms with Crippen molar-refractivity contribution in [3.05, 3.63) is 24.3 Å². The van der Waals surface area contributed by atoms with Gasteiger partial charge in [-0.15, -0.1) is 0 Å². The number of nitrogens with zero attached hydrogens (tertiary/aromatic N) is 2. The number of carbonyl (C=O) groups excluding carboxylic acids is 4. The lowest BCUT2D eigenvalue weighted by Crippen LogP contribution is -2.38. The summed E-state index contributed by atoms with van der Waals surface area (Å²) >= 11 is 1.81. The van der Waals surface area contributed by atoms with Crippen molar-refractivity contribution in [2.45, 2.75) is 12.2 Å². The highest BCUT2D eigenvalue weighted by Gasteiger charge is 2.32. The minimum Gasteiger partial charge on any atom is -0.491 e. The Balaban J connectivity index is 1.39. The van der Waals surface area contributed by atoms with Gasteiger partial charge in [-0.1, -0.05) is 23.5 Å². The predicted octanol–water partition coefficient (Wildman–Crippen LogP) is 0.557. The zero-order chi connectivity index (χ0) is 21.7. The maximum atomic E-state index is 11.5. The van der Waals surface area contributed by atoms with Gasteiger partial charge in [0.15, 0.2) is 0 Å². The number of carbonyl (C=O) groups is 4. The molecule has 30 heavy (non-hydrogen) atoms. The van der Waals surface area contributed by atoms with E-state index in [2.05, 4.69) is 0 Å². The van der Waals surface area contributed by atoms with Gasteiger partial charge in [-0.25, -0.2) is 0 Å². The van der Waals surface area contributed by atoms with Crippen LogP contribution in [-0.4, -0.2) is 92.3 Å². The van der Waals surface area contributed by atoms with Crippen molar-refractivity contribution < 1.29 is 38.9 Å². The second-order valence-corrected chi connectivity index (χ2v) is 8.37. The molecule has 2 aliphatic rings. The lowest BCUT2D eigenvalue weighted by atomic mass is 10.3. The molecule has 0 bridgehead atoms. The van der Waals surface area contributed by atoms with E-state index < -0.39 is 12.2 Å². The number of hydrogen-bond acceptors (Lipinski definition) is 10. The van der Waals surface area contributed by atoms with Crippen LogP contribution in [0.5, 0.6) is 11.5 Å². The lowest BCUT2D eigenvalue weighted by Gasteiger charge is -2.19. The minimum absolute atomic E-state index is 0.0895. The first kappa shape index (κ1) is 22.4. The van der Waals surface area contributed by atoms with E-state index in [1.807, 2.05) is 0 Å². The number of imide groups is 2. The summed E-state index contributed by atoms with van der Waals surface area (Å²) in [5.41, 5.74) is 0. The monoisotopic (exact) mass is 456 g/mol. The Kier molecular flexibility index (Phi) is 7.58. The van der Waals surface area contributed by atoms with Crippen LogP contribution >= 0.6 is 23.5 Å². The second kappa shape index (κ2) is 10.2. The van der Waals surface area contributed by atoms with Crippen molar-refractivity contribution in [1.29, 1.82) is 0 Å². The van der Waals surface area contributed by atoms with Gasteiger partial charge in [0, 0.05) is 0 Å². The van der Waals surface area contributed by atoms with Crippen LogP contribution in [0, 0.1) is 0 Å². The van der Waals surface area contributed by atoms with E-state index in [1.54, 1.807) is 24.3 Å². The SMILES string of the molecule is O=C1CSC(=O)N1CC(O)COc1ccc(OCC(O)CN2C(=O)CSC2=O)cc1. The summed E-state index contributed by atoms with van der Waals surface area (Å²) in [6, 6.07) is 6.39. The van der Waals surface area contributed by atoms with Crippen LogP contribution in [0.2, 0.25) is 0 Å². The van der Waals surface area contributed by atoms with Crippen molar-refractivity contribution in [2.75, 3.05) is 37.8 Å². The standard InChI is InChI=1S/C18H20N2O8S2/c21-11(5-19-15(23)9-29-17(19)25)7-27-13-1-2-14(4-3-13)28-8-12(22)6-20-16(24)10-30-18(20)26/h1-4,11-12,21-22H,5-10H2. The van der Waals surface area contributed by atoms with Gasteiger partial charge in [0.25, 0.3) is 10.5 Å². The summed E-state index contributed by atoms with van der Waals surface area (Å²) in [6.45, 7) is -0.443. The number of ether oxygens (including phenoxy) is 2. The minimum atomic E-state index is -1.02. The largest absolute Gasteiger partial charge is 0.491 e. The Morgan fingerprint density at radius 3 is 1.43 bits per heavy atom. The molecule has 2 aliphatic heterocycles. The highest BCUT2D eigenvalue weighted by molar-refractivity contribution is 8.15. The van der Waals surface area contributed by atoms with Crippen molar-refractivity contribution in [3.8, 4) is 11.5 Å². The molecule has 4 amide bonds. The van der Waals surface area contributed by atoms with Crippen molar-refractivity contribution in [2.24, 2.45) is 0 Å². The fourth-order valence-corrected chi connectivity index (χ4v) is 4.13. The number of rotatable bonds is 10. The van der Waals surface area contributed by atoms with Crippen LogP contribution in [0.1, 0.15) is 0 Å². The fraction of sp³-hybridized carbons (Fsp3) is 0.444. The molecular formula is C18H20N2O8S2. The van der Waals surface area contributed by atoms with Crippen LogP contribution in [0.15, 0.2) is 24.3 Å². The van der Waals surface area contributed by atoms with Gasteiger partial charge in [0.2, 0.25) is 11.8 Å². The van der Waals surface area contributed by atoms with Gasteiger partial charge in [0.1, 0.15) is 36.9 Å². The number of aliphatic hydroxyl groups excluding tert-OH is 2. The molecule has 0 saturated carbocycles. The number of benzene rings is 1. The molecule has 0 radical (unpaired) electrons. The van der Waals surface area contributed by atoms with E-state index in [-0.39, 0.29) is 60.1 Å². The molecule has 1 aromatic rings. The molecule has 0 spiro atoms. The quantitative estimate of drug-likeness (QED) is 0.514. The third-order valence-electron chi connectivity index (χ3n) is 4.18. The molecule has 3 rings (SSSR count). The van der Waals surface area contributed by atoms with E-state index in [9.17, 15) is 29.4 Å². The fourth-order valence-electron chi connectivity index (χ4n) is 2.66. The van der Waals surface area contributed by atoms with E-state index in [1.165, 1.54) is 0 Å². The molecule has 10 nitrogen and oxygen atoms in total. The number of β-amino-alcohol motifs (C(OH)–C–C–N with tert-alkyl or cyclic N) is 2. The predicted molar refractivity (Wildman–Crippen MR) is 109 cm³/mol.